The number of Topliss-reactive ketones (excluding diaryl/α,β-unsaturated/α-hetero) is 1. The fourth-order valence-corrected chi connectivity index (χ4v) is 1.91. The minimum Gasteiger partial charge on any atom is -0.458 e. The zero-order chi connectivity index (χ0) is 17.0. The van der Waals surface area contributed by atoms with Crippen molar-refractivity contribution in [1.29, 1.82) is 0 Å². The molecule has 1 aromatic carbocycles. The molecule has 0 unspecified atom stereocenters. The zero-order valence-electron chi connectivity index (χ0n) is 13.5. The number of H-pyrrole nitrogens is 1. The van der Waals surface area contributed by atoms with Crippen LogP contribution in [0.4, 0.5) is 0 Å². The van der Waals surface area contributed by atoms with Crippen molar-refractivity contribution >= 4 is 22.7 Å². The van der Waals surface area contributed by atoms with E-state index in [1.165, 1.54) is 0 Å². The van der Waals surface area contributed by atoms with Crippen molar-refractivity contribution in [2.45, 2.75) is 33.6 Å². The molecule has 2 rings (SSSR count). The number of aromatic nitrogens is 2. The second kappa shape index (κ2) is 6.73. The number of ketones is 1. The number of para-hydroxylation sites is 1. The number of hydrogen-bond acceptors (Lipinski definition) is 5. The number of rotatable bonds is 5. The molecular formula is C17H20N2O4. The van der Waals surface area contributed by atoms with Crippen LogP contribution >= 0.6 is 0 Å². The predicted molar refractivity (Wildman–Crippen MR) is 86.1 cm³/mol. The number of benzene rings is 1. The molecule has 0 spiro atoms. The molecule has 23 heavy (non-hydrogen) atoms. The Bertz CT molecular complexity index is 787. The summed E-state index contributed by atoms with van der Waals surface area (Å²) in [6, 6.07) is 7.00. The maximum Gasteiger partial charge on any atom is 0.306 e. The predicted octanol–water partition coefficient (Wildman–Crippen LogP) is 2.01. The van der Waals surface area contributed by atoms with Crippen molar-refractivity contribution in [3.8, 4) is 0 Å². The summed E-state index contributed by atoms with van der Waals surface area (Å²) in [4.78, 5) is 42.3. The number of esters is 1. The minimum atomic E-state index is -0.536. The lowest BCUT2D eigenvalue weighted by molar-refractivity contribution is -0.150. The number of carbonyl (C=O) groups is 2. The number of fused-ring (bicyclic) bond motifs is 1. The summed E-state index contributed by atoms with van der Waals surface area (Å²) >= 11 is 0. The molecule has 122 valence electrons. The van der Waals surface area contributed by atoms with E-state index < -0.39 is 11.4 Å². The van der Waals surface area contributed by atoms with Gasteiger partial charge in [0.25, 0.3) is 5.56 Å². The number of aryl methyl sites for hydroxylation is 1. The van der Waals surface area contributed by atoms with E-state index in [-0.39, 0.29) is 30.8 Å². The molecule has 0 aliphatic heterocycles. The molecule has 1 aromatic heterocycles. The lowest BCUT2D eigenvalue weighted by Crippen LogP contribution is -2.26. The van der Waals surface area contributed by atoms with Crippen LogP contribution in [0.3, 0.4) is 0 Å². The zero-order valence-corrected chi connectivity index (χ0v) is 13.5. The molecule has 0 saturated carbocycles. The molecule has 6 nitrogen and oxygen atoms in total. The average Bonchev–Trinajstić information content (AvgIpc) is 2.49. The lowest BCUT2D eigenvalue weighted by atomic mass is 9.91. The highest BCUT2D eigenvalue weighted by molar-refractivity contribution is 5.86. The molecular weight excluding hydrogens is 296 g/mol. The summed E-state index contributed by atoms with van der Waals surface area (Å²) < 4.78 is 4.96. The Balaban J connectivity index is 1.95. The Morgan fingerprint density at radius 2 is 1.91 bits per heavy atom. The number of ether oxygens (including phenoxy) is 1. The van der Waals surface area contributed by atoms with Gasteiger partial charge in [-0.3, -0.25) is 14.4 Å². The van der Waals surface area contributed by atoms with Gasteiger partial charge in [-0.15, -0.1) is 0 Å². The van der Waals surface area contributed by atoms with E-state index in [0.29, 0.717) is 16.7 Å². The fraction of sp³-hybridized carbons (Fsp3) is 0.412. The van der Waals surface area contributed by atoms with Crippen LogP contribution in [0.25, 0.3) is 10.9 Å². The average molecular weight is 316 g/mol. The van der Waals surface area contributed by atoms with Crippen LogP contribution in [-0.4, -0.2) is 28.3 Å². The summed E-state index contributed by atoms with van der Waals surface area (Å²) in [6.07, 6.45) is 0.307. The number of carbonyl (C=O) groups excluding carboxylic acids is 2. The SMILES string of the molecule is CC(C)(C)C(=O)COC(=O)CCc1nc2ccccc2c(=O)[nH]1. The highest BCUT2D eigenvalue weighted by Crippen LogP contribution is 2.14. The van der Waals surface area contributed by atoms with Gasteiger partial charge in [0.15, 0.2) is 12.4 Å². The van der Waals surface area contributed by atoms with Gasteiger partial charge in [0.2, 0.25) is 0 Å². The summed E-state index contributed by atoms with van der Waals surface area (Å²) in [5.41, 5.74) is -0.185. The van der Waals surface area contributed by atoms with E-state index in [4.69, 9.17) is 4.74 Å². The van der Waals surface area contributed by atoms with Gasteiger partial charge in [-0.25, -0.2) is 4.98 Å². The minimum absolute atomic E-state index is 0.0543. The van der Waals surface area contributed by atoms with Gasteiger partial charge in [-0.05, 0) is 12.1 Å². The first kappa shape index (κ1) is 16.9. The molecule has 0 amide bonds. The summed E-state index contributed by atoms with van der Waals surface area (Å²) in [7, 11) is 0. The first-order chi connectivity index (χ1) is 10.8. The molecule has 0 aliphatic carbocycles. The van der Waals surface area contributed by atoms with Crippen molar-refractivity contribution in [2.75, 3.05) is 6.61 Å². The van der Waals surface area contributed by atoms with Gasteiger partial charge in [0, 0.05) is 11.8 Å². The Morgan fingerprint density at radius 3 is 2.61 bits per heavy atom. The largest absolute Gasteiger partial charge is 0.458 e. The Hall–Kier alpha value is -2.50. The van der Waals surface area contributed by atoms with Crippen LogP contribution in [0.15, 0.2) is 29.1 Å². The van der Waals surface area contributed by atoms with Crippen LogP contribution in [0.1, 0.15) is 33.0 Å². The third kappa shape index (κ3) is 4.48. The highest BCUT2D eigenvalue weighted by Gasteiger charge is 2.22. The highest BCUT2D eigenvalue weighted by atomic mass is 16.5. The first-order valence-electron chi connectivity index (χ1n) is 7.44. The van der Waals surface area contributed by atoms with Gasteiger partial charge in [0.1, 0.15) is 5.82 Å². The summed E-state index contributed by atoms with van der Waals surface area (Å²) in [5.74, 6) is -0.200. The maximum atomic E-state index is 11.9. The Labute approximate surface area is 133 Å². The normalized spacial score (nSPS) is 11.4. The van der Waals surface area contributed by atoms with Crippen LogP contribution < -0.4 is 5.56 Å². The monoisotopic (exact) mass is 316 g/mol. The number of nitrogens with one attached hydrogen (secondary N) is 1. The third-order valence-corrected chi connectivity index (χ3v) is 3.43. The lowest BCUT2D eigenvalue weighted by Gasteiger charge is -2.16. The standard InChI is InChI=1S/C17H20N2O4/c1-17(2,3)13(20)10-23-15(21)9-8-14-18-12-7-5-4-6-11(12)16(22)19-14/h4-7H,8-10H2,1-3H3,(H,18,19,22). The molecule has 0 radical (unpaired) electrons. The molecule has 2 aromatic rings. The van der Waals surface area contributed by atoms with Gasteiger partial charge in [-0.2, -0.15) is 0 Å². The van der Waals surface area contributed by atoms with Gasteiger partial charge in [-0.1, -0.05) is 32.9 Å². The molecule has 0 aliphatic rings. The molecule has 0 saturated heterocycles. The van der Waals surface area contributed by atoms with Crippen molar-refractivity contribution in [2.24, 2.45) is 5.41 Å². The van der Waals surface area contributed by atoms with Crippen LogP contribution in [0.2, 0.25) is 0 Å². The van der Waals surface area contributed by atoms with Crippen LogP contribution in [-0.2, 0) is 20.7 Å². The number of hydrogen-bond donors (Lipinski definition) is 1. The molecule has 1 heterocycles. The number of nitrogens with zero attached hydrogens (tertiary/aromatic N) is 1. The van der Waals surface area contributed by atoms with Gasteiger partial charge < -0.3 is 9.72 Å². The van der Waals surface area contributed by atoms with Crippen molar-refractivity contribution < 1.29 is 14.3 Å². The maximum absolute atomic E-state index is 11.9. The van der Waals surface area contributed by atoms with E-state index in [1.54, 1.807) is 45.0 Å². The smallest absolute Gasteiger partial charge is 0.306 e. The Kier molecular flexibility index (Phi) is 4.93. The topological polar surface area (TPSA) is 89.1 Å². The second-order valence-electron chi connectivity index (χ2n) is 6.36. The molecule has 0 atom stereocenters. The fourth-order valence-electron chi connectivity index (χ4n) is 1.91. The van der Waals surface area contributed by atoms with E-state index in [9.17, 15) is 14.4 Å². The van der Waals surface area contributed by atoms with Crippen LogP contribution in [0, 0.1) is 5.41 Å². The van der Waals surface area contributed by atoms with E-state index in [2.05, 4.69) is 9.97 Å². The van der Waals surface area contributed by atoms with Crippen molar-refractivity contribution in [3.63, 3.8) is 0 Å². The summed E-state index contributed by atoms with van der Waals surface area (Å²) in [5, 5.41) is 0.509. The van der Waals surface area contributed by atoms with Gasteiger partial charge in [0.05, 0.1) is 17.3 Å². The quantitative estimate of drug-likeness (QED) is 0.852. The second-order valence-corrected chi connectivity index (χ2v) is 6.36. The third-order valence-electron chi connectivity index (χ3n) is 3.43. The van der Waals surface area contributed by atoms with Crippen LogP contribution in [0.5, 0.6) is 0 Å². The Morgan fingerprint density at radius 1 is 1.22 bits per heavy atom. The molecule has 6 heteroatoms. The van der Waals surface area contributed by atoms with Crippen molar-refractivity contribution in [1.82, 2.24) is 9.97 Å². The number of aromatic amines is 1. The van der Waals surface area contributed by atoms with E-state index in [1.807, 2.05) is 0 Å². The van der Waals surface area contributed by atoms with Gasteiger partial charge >= 0.3 is 5.97 Å². The molecule has 0 fully saturated rings. The van der Waals surface area contributed by atoms with E-state index >= 15 is 0 Å². The van der Waals surface area contributed by atoms with E-state index in [0.717, 1.165) is 0 Å². The van der Waals surface area contributed by atoms with Crippen molar-refractivity contribution in [3.05, 3.63) is 40.4 Å². The first-order valence-corrected chi connectivity index (χ1v) is 7.44. The summed E-state index contributed by atoms with van der Waals surface area (Å²) in [6.45, 7) is 5.08. The molecule has 0 bridgehead atoms. The molecule has 1 N–H and O–H groups in total.